The molecule has 1 aliphatic rings. The maximum atomic E-state index is 11.1. The zero-order valence-corrected chi connectivity index (χ0v) is 17.8. The molecule has 1 aliphatic heterocycles. The minimum Gasteiger partial charge on any atom is -0.478 e. The van der Waals surface area contributed by atoms with E-state index in [0.717, 1.165) is 31.7 Å². The number of halogens is 1. The Labute approximate surface area is 182 Å². The summed E-state index contributed by atoms with van der Waals surface area (Å²) in [5.41, 5.74) is 1.93. The van der Waals surface area contributed by atoms with E-state index in [1.807, 2.05) is 36.2 Å². The van der Waals surface area contributed by atoms with Crippen LogP contribution in [-0.2, 0) is 6.42 Å². The molecule has 0 unspecified atom stereocenters. The molecular weight excluding hydrogens is 402 g/mol. The van der Waals surface area contributed by atoms with Crippen molar-refractivity contribution in [3.63, 3.8) is 0 Å². The minimum absolute atomic E-state index is 0.0737. The Morgan fingerprint density at radius 2 is 1.90 bits per heavy atom. The van der Waals surface area contributed by atoms with Crippen LogP contribution in [0.3, 0.4) is 0 Å². The summed E-state index contributed by atoms with van der Waals surface area (Å²) in [6.07, 6.45) is 2.27. The number of benzene rings is 2. The van der Waals surface area contributed by atoms with Gasteiger partial charge in [0.1, 0.15) is 0 Å². The SMILES string of the molecule is [C-]#[N+]c1ccc(CCN2CCC(O)(CN(C)c3ccc(C(=O)O)c(Cl)c3)CC2)cc1. The van der Waals surface area contributed by atoms with E-state index in [9.17, 15) is 9.90 Å². The third-order valence-electron chi connectivity index (χ3n) is 5.72. The molecule has 0 saturated carbocycles. The first-order valence-corrected chi connectivity index (χ1v) is 10.3. The van der Waals surface area contributed by atoms with Gasteiger partial charge < -0.3 is 20.0 Å². The quantitative estimate of drug-likeness (QED) is 0.651. The van der Waals surface area contributed by atoms with Gasteiger partial charge in [-0.3, -0.25) is 0 Å². The molecule has 1 heterocycles. The number of nitrogens with zero attached hydrogens (tertiary/aromatic N) is 3. The summed E-state index contributed by atoms with van der Waals surface area (Å²) in [6.45, 7) is 10.0. The Balaban J connectivity index is 1.51. The molecule has 2 N–H and O–H groups in total. The van der Waals surface area contributed by atoms with E-state index in [1.54, 1.807) is 12.1 Å². The van der Waals surface area contributed by atoms with Crippen LogP contribution in [0.4, 0.5) is 11.4 Å². The predicted molar refractivity (Wildman–Crippen MR) is 119 cm³/mol. The third-order valence-corrected chi connectivity index (χ3v) is 6.04. The maximum absolute atomic E-state index is 11.1. The lowest BCUT2D eigenvalue weighted by atomic mass is 9.90. The number of anilines is 1. The van der Waals surface area contributed by atoms with Crippen molar-refractivity contribution in [2.24, 2.45) is 0 Å². The summed E-state index contributed by atoms with van der Waals surface area (Å²) in [4.78, 5) is 18.8. The highest BCUT2D eigenvalue weighted by Gasteiger charge is 2.33. The van der Waals surface area contributed by atoms with Gasteiger partial charge in [-0.2, -0.15) is 0 Å². The van der Waals surface area contributed by atoms with Gasteiger partial charge in [0.05, 0.1) is 22.8 Å². The summed E-state index contributed by atoms with van der Waals surface area (Å²) in [6, 6.07) is 12.5. The van der Waals surface area contributed by atoms with Crippen molar-refractivity contribution in [3.05, 3.63) is 70.0 Å². The molecule has 0 bridgehead atoms. The third kappa shape index (κ3) is 5.51. The van der Waals surface area contributed by atoms with Gasteiger partial charge in [-0.25, -0.2) is 9.64 Å². The molecule has 0 atom stereocenters. The molecule has 2 aromatic carbocycles. The number of likely N-dealkylation sites (N-methyl/N-ethyl adjacent to an activating group) is 1. The number of aliphatic hydroxyl groups is 1. The van der Waals surface area contributed by atoms with Gasteiger partial charge in [-0.1, -0.05) is 35.9 Å². The van der Waals surface area contributed by atoms with Crippen molar-refractivity contribution in [1.82, 2.24) is 4.90 Å². The van der Waals surface area contributed by atoms with Gasteiger partial charge in [0.15, 0.2) is 5.69 Å². The van der Waals surface area contributed by atoms with E-state index in [1.165, 1.54) is 11.6 Å². The first-order valence-electron chi connectivity index (χ1n) is 9.95. The Morgan fingerprint density at radius 1 is 1.23 bits per heavy atom. The fourth-order valence-electron chi connectivity index (χ4n) is 3.82. The lowest BCUT2D eigenvalue weighted by Gasteiger charge is -2.40. The van der Waals surface area contributed by atoms with Crippen molar-refractivity contribution in [2.45, 2.75) is 24.9 Å². The number of hydrogen-bond donors (Lipinski definition) is 2. The van der Waals surface area contributed by atoms with Crippen molar-refractivity contribution in [3.8, 4) is 0 Å². The first kappa shape index (κ1) is 22.1. The first-order chi connectivity index (χ1) is 14.3. The van der Waals surface area contributed by atoms with Crippen molar-refractivity contribution in [2.75, 3.05) is 38.1 Å². The molecule has 0 aromatic heterocycles. The summed E-state index contributed by atoms with van der Waals surface area (Å²) in [5.74, 6) is -1.05. The largest absolute Gasteiger partial charge is 0.478 e. The number of carboxylic acid groups (broad SMARTS) is 1. The zero-order valence-electron chi connectivity index (χ0n) is 17.0. The molecular formula is C23H26ClN3O3. The van der Waals surface area contributed by atoms with E-state index in [0.29, 0.717) is 25.1 Å². The van der Waals surface area contributed by atoms with Crippen LogP contribution in [0, 0.1) is 6.57 Å². The average molecular weight is 428 g/mol. The van der Waals surface area contributed by atoms with Crippen molar-refractivity contribution >= 4 is 28.9 Å². The smallest absolute Gasteiger partial charge is 0.337 e. The fourth-order valence-corrected chi connectivity index (χ4v) is 4.08. The highest BCUT2D eigenvalue weighted by atomic mass is 35.5. The topological polar surface area (TPSA) is 68.4 Å². The number of hydrogen-bond acceptors (Lipinski definition) is 4. The Bertz CT molecular complexity index is 932. The maximum Gasteiger partial charge on any atom is 0.337 e. The molecule has 6 nitrogen and oxygen atoms in total. The standard InChI is InChI=1S/C23H26ClN3O3/c1-25-18-5-3-17(4-6-18)9-12-27-13-10-23(30,11-14-27)16-26(2)19-7-8-20(22(28)29)21(24)15-19/h3-8,15,30H,9-14,16H2,2H3,(H,28,29). The number of carbonyl (C=O) groups is 1. The van der Waals surface area contributed by atoms with Gasteiger partial charge in [0.25, 0.3) is 0 Å². The monoisotopic (exact) mass is 427 g/mol. The molecule has 1 saturated heterocycles. The average Bonchev–Trinajstić information content (AvgIpc) is 2.73. The van der Waals surface area contributed by atoms with E-state index in [4.69, 9.17) is 23.3 Å². The second-order valence-corrected chi connectivity index (χ2v) is 8.33. The zero-order chi connectivity index (χ0) is 21.7. The van der Waals surface area contributed by atoms with Crippen LogP contribution in [-0.4, -0.2) is 59.9 Å². The second kappa shape index (κ2) is 9.48. The summed E-state index contributed by atoms with van der Waals surface area (Å²) in [5, 5.41) is 20.4. The Kier molecular flexibility index (Phi) is 6.99. The highest BCUT2D eigenvalue weighted by Crippen LogP contribution is 2.28. The predicted octanol–water partition coefficient (Wildman–Crippen LogP) is 4.09. The molecule has 0 aliphatic carbocycles. The molecule has 7 heteroatoms. The number of carboxylic acids is 1. The number of aromatic carboxylic acids is 1. The number of piperidine rings is 1. The fraction of sp³-hybridized carbons (Fsp3) is 0.391. The van der Waals surface area contributed by atoms with Crippen LogP contribution >= 0.6 is 11.6 Å². The van der Waals surface area contributed by atoms with E-state index >= 15 is 0 Å². The van der Waals surface area contributed by atoms with Gasteiger partial charge in [0, 0.05) is 38.9 Å². The van der Waals surface area contributed by atoms with Crippen LogP contribution < -0.4 is 4.90 Å². The van der Waals surface area contributed by atoms with Crippen LogP contribution in [0.15, 0.2) is 42.5 Å². The lowest BCUT2D eigenvalue weighted by molar-refractivity contribution is -0.0137. The molecule has 3 rings (SSSR count). The van der Waals surface area contributed by atoms with Crippen LogP contribution in [0.5, 0.6) is 0 Å². The normalized spacial score (nSPS) is 16.1. The van der Waals surface area contributed by atoms with E-state index < -0.39 is 11.6 Å². The van der Waals surface area contributed by atoms with E-state index in [2.05, 4.69) is 9.74 Å². The van der Waals surface area contributed by atoms with Crippen molar-refractivity contribution in [1.29, 1.82) is 0 Å². The van der Waals surface area contributed by atoms with Gasteiger partial charge in [-0.05, 0) is 43.0 Å². The summed E-state index contributed by atoms with van der Waals surface area (Å²) in [7, 11) is 1.88. The van der Waals surface area contributed by atoms with Gasteiger partial charge in [0.2, 0.25) is 0 Å². The summed E-state index contributed by atoms with van der Waals surface area (Å²) >= 11 is 6.08. The lowest BCUT2D eigenvalue weighted by Crippen LogP contribution is -2.50. The number of rotatable bonds is 7. The number of likely N-dealkylation sites (tertiary alicyclic amines) is 1. The van der Waals surface area contributed by atoms with Crippen LogP contribution in [0.25, 0.3) is 4.85 Å². The van der Waals surface area contributed by atoms with Gasteiger partial charge >= 0.3 is 5.97 Å². The highest BCUT2D eigenvalue weighted by molar-refractivity contribution is 6.33. The molecule has 0 radical (unpaired) electrons. The molecule has 1 fully saturated rings. The Hall–Kier alpha value is -2.59. The molecule has 0 spiro atoms. The molecule has 158 valence electrons. The Morgan fingerprint density at radius 3 is 2.47 bits per heavy atom. The summed E-state index contributed by atoms with van der Waals surface area (Å²) < 4.78 is 0. The van der Waals surface area contributed by atoms with Gasteiger partial charge in [-0.15, -0.1) is 0 Å². The molecule has 2 aromatic rings. The van der Waals surface area contributed by atoms with Crippen molar-refractivity contribution < 1.29 is 15.0 Å². The molecule has 30 heavy (non-hydrogen) atoms. The van der Waals surface area contributed by atoms with Crippen LogP contribution in [0.2, 0.25) is 5.02 Å². The second-order valence-electron chi connectivity index (χ2n) is 7.92. The molecule has 0 amide bonds. The van der Waals surface area contributed by atoms with E-state index in [-0.39, 0.29) is 10.6 Å². The van der Waals surface area contributed by atoms with Crippen LogP contribution in [0.1, 0.15) is 28.8 Å². The minimum atomic E-state index is -1.05.